The molecule has 1 N–H and O–H groups in total. The highest BCUT2D eigenvalue weighted by Gasteiger charge is 2.29. The van der Waals surface area contributed by atoms with Crippen LogP contribution in [-0.4, -0.2) is 31.6 Å². The van der Waals surface area contributed by atoms with Crippen molar-refractivity contribution in [2.45, 2.75) is 18.9 Å². The van der Waals surface area contributed by atoms with E-state index < -0.39 is 0 Å². The van der Waals surface area contributed by atoms with Crippen LogP contribution in [-0.2, 0) is 11.2 Å². The van der Waals surface area contributed by atoms with E-state index >= 15 is 0 Å². The van der Waals surface area contributed by atoms with Gasteiger partial charge < -0.3 is 10.1 Å². The van der Waals surface area contributed by atoms with Crippen LogP contribution in [0, 0.1) is 11.7 Å². The lowest BCUT2D eigenvalue weighted by Crippen LogP contribution is -2.22. The van der Waals surface area contributed by atoms with Crippen LogP contribution < -0.4 is 5.32 Å². The zero-order chi connectivity index (χ0) is 12.4. The number of hydrogen-bond acceptors (Lipinski definition) is 3. The van der Waals surface area contributed by atoms with Crippen molar-refractivity contribution in [2.24, 2.45) is 10.9 Å². The minimum Gasteiger partial charge on any atom is -0.475 e. The SMILES string of the molecule is Fc1ccccc1CC1CN=C(C2CCNC2)O1. The quantitative estimate of drug-likeness (QED) is 0.884. The van der Waals surface area contributed by atoms with Crippen molar-refractivity contribution in [1.82, 2.24) is 5.32 Å². The molecule has 96 valence electrons. The van der Waals surface area contributed by atoms with Crippen LogP contribution in [0.15, 0.2) is 29.3 Å². The summed E-state index contributed by atoms with van der Waals surface area (Å²) in [4.78, 5) is 4.46. The Balaban J connectivity index is 1.59. The van der Waals surface area contributed by atoms with E-state index in [1.807, 2.05) is 12.1 Å². The largest absolute Gasteiger partial charge is 0.475 e. The zero-order valence-corrected chi connectivity index (χ0v) is 10.2. The highest BCUT2D eigenvalue weighted by Crippen LogP contribution is 2.20. The van der Waals surface area contributed by atoms with Gasteiger partial charge in [0.25, 0.3) is 0 Å². The van der Waals surface area contributed by atoms with Crippen molar-refractivity contribution in [3.05, 3.63) is 35.6 Å². The first-order chi connectivity index (χ1) is 8.83. The summed E-state index contributed by atoms with van der Waals surface area (Å²) in [6.45, 7) is 2.64. The minimum absolute atomic E-state index is 0.00231. The van der Waals surface area contributed by atoms with Crippen LogP contribution in [0.25, 0.3) is 0 Å². The Bertz CT molecular complexity index is 455. The van der Waals surface area contributed by atoms with Gasteiger partial charge in [-0.05, 0) is 24.6 Å². The molecule has 2 aliphatic rings. The summed E-state index contributed by atoms with van der Waals surface area (Å²) in [6.07, 6.45) is 1.68. The number of rotatable bonds is 3. The number of nitrogens with one attached hydrogen (secondary N) is 1. The molecular formula is C14H17FN2O. The summed E-state index contributed by atoms with van der Waals surface area (Å²) < 4.78 is 19.4. The first-order valence-corrected chi connectivity index (χ1v) is 6.48. The van der Waals surface area contributed by atoms with Crippen LogP contribution in [0.4, 0.5) is 4.39 Å². The van der Waals surface area contributed by atoms with Gasteiger partial charge in [-0.3, -0.25) is 4.99 Å². The fraction of sp³-hybridized carbons (Fsp3) is 0.500. The summed E-state index contributed by atoms with van der Waals surface area (Å²) in [5.74, 6) is 1.12. The lowest BCUT2D eigenvalue weighted by molar-refractivity contribution is 0.210. The summed E-state index contributed by atoms with van der Waals surface area (Å²) in [5, 5.41) is 3.30. The minimum atomic E-state index is -0.155. The van der Waals surface area contributed by atoms with E-state index in [2.05, 4.69) is 10.3 Å². The fourth-order valence-electron chi connectivity index (χ4n) is 2.54. The van der Waals surface area contributed by atoms with Crippen LogP contribution in [0.1, 0.15) is 12.0 Å². The normalized spacial score (nSPS) is 27.1. The number of hydrogen-bond donors (Lipinski definition) is 1. The molecule has 1 fully saturated rings. The molecular weight excluding hydrogens is 231 g/mol. The molecule has 0 amide bonds. The van der Waals surface area contributed by atoms with Crippen LogP contribution in [0.3, 0.4) is 0 Å². The Kier molecular flexibility index (Phi) is 3.28. The second-order valence-corrected chi connectivity index (χ2v) is 4.90. The zero-order valence-electron chi connectivity index (χ0n) is 10.2. The van der Waals surface area contributed by atoms with Crippen molar-refractivity contribution in [3.63, 3.8) is 0 Å². The highest BCUT2D eigenvalue weighted by molar-refractivity contribution is 5.80. The van der Waals surface area contributed by atoms with E-state index in [0.29, 0.717) is 24.4 Å². The van der Waals surface area contributed by atoms with Crippen molar-refractivity contribution >= 4 is 5.90 Å². The topological polar surface area (TPSA) is 33.6 Å². The van der Waals surface area contributed by atoms with Crippen molar-refractivity contribution in [3.8, 4) is 0 Å². The van der Waals surface area contributed by atoms with E-state index in [1.165, 1.54) is 6.07 Å². The van der Waals surface area contributed by atoms with Gasteiger partial charge in [-0.15, -0.1) is 0 Å². The molecule has 3 nitrogen and oxygen atoms in total. The summed E-state index contributed by atoms with van der Waals surface area (Å²) in [6, 6.07) is 6.87. The third kappa shape index (κ3) is 2.38. The van der Waals surface area contributed by atoms with E-state index in [0.717, 1.165) is 25.4 Å². The van der Waals surface area contributed by atoms with Gasteiger partial charge in [-0.25, -0.2) is 4.39 Å². The van der Waals surface area contributed by atoms with Crippen LogP contribution >= 0.6 is 0 Å². The van der Waals surface area contributed by atoms with Gasteiger partial charge in [0.05, 0.1) is 6.54 Å². The molecule has 1 saturated heterocycles. The molecule has 2 aliphatic heterocycles. The highest BCUT2D eigenvalue weighted by atomic mass is 19.1. The van der Waals surface area contributed by atoms with Gasteiger partial charge in [-0.1, -0.05) is 18.2 Å². The first kappa shape index (κ1) is 11.7. The standard InChI is InChI=1S/C14H17FN2O/c15-13-4-2-1-3-10(13)7-12-9-17-14(18-12)11-5-6-16-8-11/h1-4,11-12,16H,5-9H2. The van der Waals surface area contributed by atoms with Gasteiger partial charge in [-0.2, -0.15) is 0 Å². The smallest absolute Gasteiger partial charge is 0.188 e. The Morgan fingerprint density at radius 2 is 2.28 bits per heavy atom. The Morgan fingerprint density at radius 3 is 3.06 bits per heavy atom. The van der Waals surface area contributed by atoms with Crippen molar-refractivity contribution < 1.29 is 9.13 Å². The maximum Gasteiger partial charge on any atom is 0.188 e. The van der Waals surface area contributed by atoms with E-state index in [1.54, 1.807) is 6.07 Å². The van der Waals surface area contributed by atoms with E-state index in [9.17, 15) is 4.39 Å². The number of ether oxygens (including phenoxy) is 1. The Morgan fingerprint density at radius 1 is 1.39 bits per heavy atom. The van der Waals surface area contributed by atoms with E-state index in [-0.39, 0.29) is 11.9 Å². The molecule has 1 aromatic rings. The third-order valence-corrected chi connectivity index (χ3v) is 3.55. The van der Waals surface area contributed by atoms with Gasteiger partial charge in [0.2, 0.25) is 0 Å². The molecule has 0 radical (unpaired) electrons. The molecule has 0 aromatic heterocycles. The average Bonchev–Trinajstić information content (AvgIpc) is 3.02. The average molecular weight is 248 g/mol. The number of nitrogens with zero attached hydrogens (tertiary/aromatic N) is 1. The number of halogens is 1. The molecule has 18 heavy (non-hydrogen) atoms. The molecule has 0 spiro atoms. The first-order valence-electron chi connectivity index (χ1n) is 6.48. The van der Waals surface area contributed by atoms with Gasteiger partial charge in [0.1, 0.15) is 11.9 Å². The summed E-state index contributed by atoms with van der Waals surface area (Å²) in [7, 11) is 0. The Labute approximate surface area is 106 Å². The molecule has 0 saturated carbocycles. The second kappa shape index (κ2) is 5.06. The molecule has 4 heteroatoms. The lowest BCUT2D eigenvalue weighted by atomic mass is 10.1. The van der Waals surface area contributed by atoms with Crippen LogP contribution in [0.2, 0.25) is 0 Å². The summed E-state index contributed by atoms with van der Waals surface area (Å²) >= 11 is 0. The predicted octanol–water partition coefficient (Wildman–Crippen LogP) is 1.77. The molecule has 3 rings (SSSR count). The molecule has 2 unspecified atom stereocenters. The predicted molar refractivity (Wildman–Crippen MR) is 68.3 cm³/mol. The second-order valence-electron chi connectivity index (χ2n) is 4.90. The molecule has 2 atom stereocenters. The van der Waals surface area contributed by atoms with Gasteiger partial charge in [0, 0.05) is 18.9 Å². The molecule has 1 aromatic carbocycles. The monoisotopic (exact) mass is 248 g/mol. The van der Waals surface area contributed by atoms with Crippen LogP contribution in [0.5, 0.6) is 0 Å². The van der Waals surface area contributed by atoms with Crippen molar-refractivity contribution in [1.29, 1.82) is 0 Å². The van der Waals surface area contributed by atoms with E-state index in [4.69, 9.17) is 4.74 Å². The summed E-state index contributed by atoms with van der Waals surface area (Å²) in [5.41, 5.74) is 0.712. The fourth-order valence-corrected chi connectivity index (χ4v) is 2.54. The maximum absolute atomic E-state index is 13.5. The number of aliphatic imine (C=N–C) groups is 1. The maximum atomic E-state index is 13.5. The Hall–Kier alpha value is -1.42. The van der Waals surface area contributed by atoms with Crippen molar-refractivity contribution in [2.75, 3.05) is 19.6 Å². The van der Waals surface area contributed by atoms with Gasteiger partial charge in [0.15, 0.2) is 5.90 Å². The molecule has 0 aliphatic carbocycles. The lowest BCUT2D eigenvalue weighted by Gasteiger charge is -2.14. The number of benzene rings is 1. The molecule has 2 heterocycles. The third-order valence-electron chi connectivity index (χ3n) is 3.55. The molecule has 0 bridgehead atoms. The van der Waals surface area contributed by atoms with Gasteiger partial charge >= 0.3 is 0 Å².